The Bertz CT molecular complexity index is 305. The van der Waals surface area contributed by atoms with Crippen molar-refractivity contribution < 1.29 is 0 Å². The van der Waals surface area contributed by atoms with Gasteiger partial charge in [0.15, 0.2) is 0 Å². The summed E-state index contributed by atoms with van der Waals surface area (Å²) < 4.78 is 0. The average molecular weight is 198 g/mol. The van der Waals surface area contributed by atoms with Crippen molar-refractivity contribution in [3.05, 3.63) is 34.3 Å². The number of halogens is 1. The Balaban J connectivity index is 3.20. The van der Waals surface area contributed by atoms with E-state index in [0.717, 1.165) is 10.6 Å². The van der Waals surface area contributed by atoms with E-state index >= 15 is 0 Å². The third-order valence-electron chi connectivity index (χ3n) is 2.36. The fraction of sp³-hybridized carbons (Fsp3) is 0.455. The molecule has 0 radical (unpaired) electrons. The van der Waals surface area contributed by atoms with Gasteiger partial charge in [-0.1, -0.05) is 43.1 Å². The molecule has 0 aliphatic heterocycles. The van der Waals surface area contributed by atoms with Crippen molar-refractivity contribution in [3.63, 3.8) is 0 Å². The molecule has 0 atom stereocenters. The van der Waals surface area contributed by atoms with Crippen LogP contribution < -0.4 is 5.73 Å². The van der Waals surface area contributed by atoms with Crippen molar-refractivity contribution >= 4 is 11.6 Å². The Hall–Kier alpha value is -0.530. The summed E-state index contributed by atoms with van der Waals surface area (Å²) in [5.74, 6) is 0. The van der Waals surface area contributed by atoms with E-state index in [1.165, 1.54) is 5.56 Å². The molecule has 2 heteroatoms. The summed E-state index contributed by atoms with van der Waals surface area (Å²) in [4.78, 5) is 0. The Morgan fingerprint density at radius 1 is 1.38 bits per heavy atom. The van der Waals surface area contributed by atoms with Crippen molar-refractivity contribution in [1.82, 2.24) is 0 Å². The van der Waals surface area contributed by atoms with Crippen molar-refractivity contribution in [1.29, 1.82) is 0 Å². The Kier molecular flexibility index (Phi) is 2.99. The van der Waals surface area contributed by atoms with Crippen LogP contribution in [-0.4, -0.2) is 6.54 Å². The zero-order valence-corrected chi connectivity index (χ0v) is 9.15. The van der Waals surface area contributed by atoms with E-state index in [9.17, 15) is 0 Å². The van der Waals surface area contributed by atoms with Gasteiger partial charge in [-0.2, -0.15) is 0 Å². The number of benzene rings is 1. The molecule has 0 unspecified atom stereocenters. The van der Waals surface area contributed by atoms with Crippen LogP contribution in [0.4, 0.5) is 0 Å². The molecule has 1 rings (SSSR count). The minimum Gasteiger partial charge on any atom is -0.330 e. The van der Waals surface area contributed by atoms with E-state index < -0.39 is 0 Å². The molecule has 1 nitrogen and oxygen atoms in total. The maximum absolute atomic E-state index is 6.10. The quantitative estimate of drug-likeness (QED) is 0.776. The molecule has 0 spiro atoms. The standard InChI is InChI=1S/C11H16ClN/c1-8-4-5-10(12)9(6-8)11(2,3)7-13/h4-6H,7,13H2,1-3H3. The van der Waals surface area contributed by atoms with Gasteiger partial charge in [0.05, 0.1) is 0 Å². The summed E-state index contributed by atoms with van der Waals surface area (Å²) in [5.41, 5.74) is 8.02. The molecule has 0 aromatic heterocycles. The number of rotatable bonds is 2. The lowest BCUT2D eigenvalue weighted by atomic mass is 9.84. The van der Waals surface area contributed by atoms with Crippen LogP contribution in [0.15, 0.2) is 18.2 Å². The van der Waals surface area contributed by atoms with Crippen molar-refractivity contribution in [2.75, 3.05) is 6.54 Å². The number of hydrogen-bond acceptors (Lipinski definition) is 1. The van der Waals surface area contributed by atoms with E-state index in [2.05, 4.69) is 26.8 Å². The second-order valence-corrected chi connectivity index (χ2v) is 4.48. The molecule has 0 aliphatic carbocycles. The van der Waals surface area contributed by atoms with E-state index in [0.29, 0.717) is 6.54 Å². The SMILES string of the molecule is Cc1ccc(Cl)c(C(C)(C)CN)c1. The van der Waals surface area contributed by atoms with Crippen LogP contribution >= 0.6 is 11.6 Å². The minimum atomic E-state index is -0.0386. The van der Waals surface area contributed by atoms with Gasteiger partial charge in [0.2, 0.25) is 0 Å². The van der Waals surface area contributed by atoms with Gasteiger partial charge in [-0.25, -0.2) is 0 Å². The first-order chi connectivity index (χ1) is 5.97. The second-order valence-electron chi connectivity index (χ2n) is 4.07. The van der Waals surface area contributed by atoms with Crippen molar-refractivity contribution in [2.24, 2.45) is 5.73 Å². The third-order valence-corrected chi connectivity index (χ3v) is 2.69. The Morgan fingerprint density at radius 3 is 2.54 bits per heavy atom. The monoisotopic (exact) mass is 197 g/mol. The summed E-state index contributed by atoms with van der Waals surface area (Å²) in [6.45, 7) is 6.88. The van der Waals surface area contributed by atoms with Crippen LogP contribution in [0, 0.1) is 6.92 Å². The minimum absolute atomic E-state index is 0.0386. The second kappa shape index (κ2) is 3.69. The lowest BCUT2D eigenvalue weighted by Crippen LogP contribution is -2.28. The van der Waals surface area contributed by atoms with E-state index in [-0.39, 0.29) is 5.41 Å². The maximum Gasteiger partial charge on any atom is 0.0444 e. The molecule has 1 aromatic carbocycles. The van der Waals surface area contributed by atoms with Crippen LogP contribution in [-0.2, 0) is 5.41 Å². The highest BCUT2D eigenvalue weighted by atomic mass is 35.5. The molecule has 72 valence electrons. The molecule has 13 heavy (non-hydrogen) atoms. The molecule has 0 bridgehead atoms. The first-order valence-electron chi connectivity index (χ1n) is 4.44. The highest BCUT2D eigenvalue weighted by molar-refractivity contribution is 6.31. The zero-order valence-electron chi connectivity index (χ0n) is 8.39. The van der Waals surface area contributed by atoms with E-state index in [1.54, 1.807) is 0 Å². The predicted octanol–water partition coefficient (Wildman–Crippen LogP) is 2.88. The van der Waals surface area contributed by atoms with Gasteiger partial charge in [-0.3, -0.25) is 0 Å². The molecule has 0 saturated heterocycles. The summed E-state index contributed by atoms with van der Waals surface area (Å²) in [7, 11) is 0. The summed E-state index contributed by atoms with van der Waals surface area (Å²) in [6, 6.07) is 6.05. The maximum atomic E-state index is 6.10. The molecule has 2 N–H and O–H groups in total. The third kappa shape index (κ3) is 2.23. The smallest absolute Gasteiger partial charge is 0.0444 e. The first-order valence-corrected chi connectivity index (χ1v) is 4.82. The number of nitrogens with two attached hydrogens (primary N) is 1. The molecule has 1 aromatic rings. The Morgan fingerprint density at radius 2 is 2.00 bits per heavy atom. The average Bonchev–Trinajstić information content (AvgIpc) is 2.09. The highest BCUT2D eigenvalue weighted by Gasteiger charge is 2.21. The van der Waals surface area contributed by atoms with Crippen LogP contribution in [0.1, 0.15) is 25.0 Å². The largest absolute Gasteiger partial charge is 0.330 e. The van der Waals surface area contributed by atoms with Gasteiger partial charge in [0, 0.05) is 17.0 Å². The summed E-state index contributed by atoms with van der Waals surface area (Å²) >= 11 is 6.10. The molecular formula is C11H16ClN. The first kappa shape index (κ1) is 10.6. The number of aryl methyl sites for hydroxylation is 1. The zero-order chi connectivity index (χ0) is 10.1. The van der Waals surface area contributed by atoms with E-state index in [1.807, 2.05) is 12.1 Å². The molecular weight excluding hydrogens is 182 g/mol. The molecule has 0 heterocycles. The van der Waals surface area contributed by atoms with Crippen LogP contribution in [0.3, 0.4) is 0 Å². The fourth-order valence-corrected chi connectivity index (χ4v) is 1.64. The van der Waals surface area contributed by atoms with Gasteiger partial charge >= 0.3 is 0 Å². The lowest BCUT2D eigenvalue weighted by molar-refractivity contribution is 0.539. The lowest BCUT2D eigenvalue weighted by Gasteiger charge is -2.24. The van der Waals surface area contributed by atoms with Crippen LogP contribution in [0.5, 0.6) is 0 Å². The van der Waals surface area contributed by atoms with Crippen LogP contribution in [0.2, 0.25) is 5.02 Å². The molecule has 0 saturated carbocycles. The fourth-order valence-electron chi connectivity index (χ4n) is 1.27. The molecule has 0 aliphatic rings. The highest BCUT2D eigenvalue weighted by Crippen LogP contribution is 2.29. The topological polar surface area (TPSA) is 26.0 Å². The van der Waals surface area contributed by atoms with Crippen molar-refractivity contribution in [3.8, 4) is 0 Å². The van der Waals surface area contributed by atoms with Gasteiger partial charge in [0.1, 0.15) is 0 Å². The van der Waals surface area contributed by atoms with Gasteiger partial charge < -0.3 is 5.73 Å². The summed E-state index contributed by atoms with van der Waals surface area (Å²) in [5, 5.41) is 0.807. The number of hydrogen-bond donors (Lipinski definition) is 1. The predicted molar refractivity (Wildman–Crippen MR) is 58.3 cm³/mol. The van der Waals surface area contributed by atoms with Crippen LogP contribution in [0.25, 0.3) is 0 Å². The Labute approximate surface area is 84.9 Å². The van der Waals surface area contributed by atoms with Gasteiger partial charge in [-0.05, 0) is 18.6 Å². The van der Waals surface area contributed by atoms with E-state index in [4.69, 9.17) is 17.3 Å². The molecule has 0 amide bonds. The summed E-state index contributed by atoms with van der Waals surface area (Å²) in [6.07, 6.45) is 0. The normalized spacial score (nSPS) is 11.8. The molecule has 0 fully saturated rings. The van der Waals surface area contributed by atoms with Gasteiger partial charge in [-0.15, -0.1) is 0 Å². The van der Waals surface area contributed by atoms with Gasteiger partial charge in [0.25, 0.3) is 0 Å². The van der Waals surface area contributed by atoms with Crippen molar-refractivity contribution in [2.45, 2.75) is 26.2 Å².